The molecule has 1 aromatic heterocycles. The van der Waals surface area contributed by atoms with Crippen LogP contribution in [0.15, 0.2) is 30.5 Å². The SMILES string of the molecule is COc1ccc2c(c1)C(O)C(n1ccc(C)n1)C2. The first-order valence-corrected chi connectivity index (χ1v) is 6.05. The van der Waals surface area contributed by atoms with E-state index in [1.54, 1.807) is 7.11 Å². The number of methoxy groups -OCH3 is 1. The van der Waals surface area contributed by atoms with Crippen LogP contribution in [-0.2, 0) is 6.42 Å². The number of ether oxygens (including phenoxy) is 1. The van der Waals surface area contributed by atoms with Gasteiger partial charge >= 0.3 is 0 Å². The minimum absolute atomic E-state index is 0.0131. The number of aliphatic hydroxyl groups excluding tert-OH is 1. The molecule has 0 spiro atoms. The van der Waals surface area contributed by atoms with E-state index in [0.717, 1.165) is 23.4 Å². The number of aliphatic hydroxyl groups is 1. The normalized spacial score (nSPS) is 21.9. The fourth-order valence-electron chi connectivity index (χ4n) is 2.56. The van der Waals surface area contributed by atoms with Crippen molar-refractivity contribution in [2.75, 3.05) is 7.11 Å². The molecule has 1 aromatic carbocycles. The number of benzene rings is 1. The summed E-state index contributed by atoms with van der Waals surface area (Å²) in [6, 6.07) is 7.81. The Hall–Kier alpha value is -1.81. The lowest BCUT2D eigenvalue weighted by molar-refractivity contribution is 0.120. The van der Waals surface area contributed by atoms with Crippen LogP contribution in [0.1, 0.15) is 29.0 Å². The molecular formula is C14H16N2O2. The summed E-state index contributed by atoms with van der Waals surface area (Å²) in [7, 11) is 1.64. The minimum Gasteiger partial charge on any atom is -0.497 e. The van der Waals surface area contributed by atoms with E-state index >= 15 is 0 Å². The smallest absolute Gasteiger partial charge is 0.119 e. The molecule has 1 heterocycles. The summed E-state index contributed by atoms with van der Waals surface area (Å²) in [6.07, 6.45) is 2.21. The lowest BCUT2D eigenvalue weighted by atomic mass is 10.1. The fraction of sp³-hybridized carbons (Fsp3) is 0.357. The van der Waals surface area contributed by atoms with Crippen LogP contribution in [0, 0.1) is 6.92 Å². The molecule has 94 valence electrons. The average molecular weight is 244 g/mol. The predicted octanol–water partition coefficient (Wildman–Crippen LogP) is 2.03. The standard InChI is InChI=1S/C14H16N2O2/c1-9-5-6-16(15-9)13-7-10-3-4-11(18-2)8-12(10)14(13)17/h3-6,8,13-14,17H,7H2,1-2H3. The van der Waals surface area contributed by atoms with Crippen molar-refractivity contribution >= 4 is 0 Å². The van der Waals surface area contributed by atoms with Gasteiger partial charge in [-0.25, -0.2) is 0 Å². The molecule has 1 aliphatic rings. The molecular weight excluding hydrogens is 228 g/mol. The van der Waals surface area contributed by atoms with Crippen LogP contribution in [-0.4, -0.2) is 22.0 Å². The first-order chi connectivity index (χ1) is 8.69. The molecule has 2 aromatic rings. The zero-order valence-corrected chi connectivity index (χ0v) is 10.5. The Morgan fingerprint density at radius 2 is 2.22 bits per heavy atom. The Labute approximate surface area is 106 Å². The highest BCUT2D eigenvalue weighted by Crippen LogP contribution is 2.40. The van der Waals surface area contributed by atoms with E-state index in [1.165, 1.54) is 5.56 Å². The molecule has 18 heavy (non-hydrogen) atoms. The van der Waals surface area contributed by atoms with Gasteiger partial charge < -0.3 is 9.84 Å². The van der Waals surface area contributed by atoms with Crippen LogP contribution in [0.3, 0.4) is 0 Å². The predicted molar refractivity (Wildman–Crippen MR) is 67.7 cm³/mol. The van der Waals surface area contributed by atoms with Crippen molar-refractivity contribution in [3.8, 4) is 5.75 Å². The van der Waals surface area contributed by atoms with Gasteiger partial charge in [-0.1, -0.05) is 6.07 Å². The van der Waals surface area contributed by atoms with E-state index in [1.807, 2.05) is 42.1 Å². The van der Waals surface area contributed by atoms with Gasteiger partial charge in [0.1, 0.15) is 11.9 Å². The molecule has 1 N–H and O–H groups in total. The van der Waals surface area contributed by atoms with Crippen LogP contribution in [0.2, 0.25) is 0 Å². The van der Waals surface area contributed by atoms with Gasteiger partial charge in [-0.15, -0.1) is 0 Å². The summed E-state index contributed by atoms with van der Waals surface area (Å²) >= 11 is 0. The highest BCUT2D eigenvalue weighted by Gasteiger charge is 2.32. The van der Waals surface area contributed by atoms with E-state index in [0.29, 0.717) is 0 Å². The van der Waals surface area contributed by atoms with Gasteiger partial charge in [0.05, 0.1) is 18.8 Å². The fourth-order valence-corrected chi connectivity index (χ4v) is 2.56. The summed E-state index contributed by atoms with van der Waals surface area (Å²) in [5.74, 6) is 0.782. The van der Waals surface area contributed by atoms with Gasteiger partial charge in [-0.2, -0.15) is 5.10 Å². The third kappa shape index (κ3) is 1.69. The van der Waals surface area contributed by atoms with Crippen molar-refractivity contribution in [3.63, 3.8) is 0 Å². The molecule has 0 radical (unpaired) electrons. The third-order valence-corrected chi connectivity index (χ3v) is 3.55. The molecule has 1 aliphatic carbocycles. The first-order valence-electron chi connectivity index (χ1n) is 6.05. The molecule has 2 unspecified atom stereocenters. The number of aryl methyl sites for hydroxylation is 1. The molecule has 0 fully saturated rings. The lowest BCUT2D eigenvalue weighted by Crippen LogP contribution is -2.14. The Kier molecular flexibility index (Phi) is 2.59. The first kappa shape index (κ1) is 11.3. The van der Waals surface area contributed by atoms with Crippen LogP contribution in [0.25, 0.3) is 0 Å². The number of aromatic nitrogens is 2. The second-order valence-electron chi connectivity index (χ2n) is 4.72. The molecule has 0 bridgehead atoms. The molecule has 0 saturated carbocycles. The maximum absolute atomic E-state index is 10.4. The zero-order valence-electron chi connectivity index (χ0n) is 10.5. The number of rotatable bonds is 2. The molecule has 2 atom stereocenters. The van der Waals surface area contributed by atoms with Gasteiger partial charge in [-0.3, -0.25) is 4.68 Å². The Morgan fingerprint density at radius 1 is 1.39 bits per heavy atom. The van der Waals surface area contributed by atoms with Crippen molar-refractivity contribution in [2.45, 2.75) is 25.5 Å². The van der Waals surface area contributed by atoms with E-state index in [-0.39, 0.29) is 6.04 Å². The molecule has 0 amide bonds. The topological polar surface area (TPSA) is 47.3 Å². The Bertz CT molecular complexity index is 577. The van der Waals surface area contributed by atoms with E-state index < -0.39 is 6.10 Å². The highest BCUT2D eigenvalue weighted by atomic mass is 16.5. The largest absolute Gasteiger partial charge is 0.497 e. The molecule has 4 heteroatoms. The Balaban J connectivity index is 1.96. The monoisotopic (exact) mass is 244 g/mol. The van der Waals surface area contributed by atoms with Crippen molar-refractivity contribution in [3.05, 3.63) is 47.3 Å². The van der Waals surface area contributed by atoms with Gasteiger partial charge in [0.2, 0.25) is 0 Å². The van der Waals surface area contributed by atoms with Crippen LogP contribution in [0.4, 0.5) is 0 Å². The number of nitrogens with zero attached hydrogens (tertiary/aromatic N) is 2. The minimum atomic E-state index is -0.519. The van der Waals surface area contributed by atoms with Crippen LogP contribution in [0.5, 0.6) is 5.75 Å². The molecule has 0 saturated heterocycles. The van der Waals surface area contributed by atoms with Crippen molar-refractivity contribution in [2.24, 2.45) is 0 Å². The maximum atomic E-state index is 10.4. The highest BCUT2D eigenvalue weighted by molar-refractivity contribution is 5.41. The number of hydrogen-bond donors (Lipinski definition) is 1. The van der Waals surface area contributed by atoms with Crippen LogP contribution < -0.4 is 4.74 Å². The second-order valence-corrected chi connectivity index (χ2v) is 4.72. The van der Waals surface area contributed by atoms with Gasteiger partial charge in [0.25, 0.3) is 0 Å². The summed E-state index contributed by atoms with van der Waals surface area (Å²) < 4.78 is 7.05. The van der Waals surface area contributed by atoms with Gasteiger partial charge in [0.15, 0.2) is 0 Å². The Morgan fingerprint density at radius 3 is 2.89 bits per heavy atom. The quantitative estimate of drug-likeness (QED) is 0.879. The number of fused-ring (bicyclic) bond motifs is 1. The molecule has 3 rings (SSSR count). The van der Waals surface area contributed by atoms with Gasteiger partial charge in [-0.05, 0) is 42.7 Å². The van der Waals surface area contributed by atoms with E-state index in [4.69, 9.17) is 4.74 Å². The van der Waals surface area contributed by atoms with Crippen molar-refractivity contribution in [1.29, 1.82) is 0 Å². The third-order valence-electron chi connectivity index (χ3n) is 3.55. The number of hydrogen-bond acceptors (Lipinski definition) is 3. The van der Waals surface area contributed by atoms with Crippen molar-refractivity contribution < 1.29 is 9.84 Å². The second kappa shape index (κ2) is 4.14. The van der Waals surface area contributed by atoms with Crippen LogP contribution >= 0.6 is 0 Å². The maximum Gasteiger partial charge on any atom is 0.119 e. The summed E-state index contributed by atoms with van der Waals surface area (Å²) in [5.41, 5.74) is 3.09. The molecule has 4 nitrogen and oxygen atoms in total. The summed E-state index contributed by atoms with van der Waals surface area (Å²) in [4.78, 5) is 0. The summed E-state index contributed by atoms with van der Waals surface area (Å²) in [5, 5.41) is 14.8. The zero-order chi connectivity index (χ0) is 12.7. The average Bonchev–Trinajstić information content (AvgIpc) is 2.94. The van der Waals surface area contributed by atoms with Gasteiger partial charge in [0, 0.05) is 6.20 Å². The molecule has 0 aliphatic heterocycles. The van der Waals surface area contributed by atoms with E-state index in [2.05, 4.69) is 5.10 Å². The van der Waals surface area contributed by atoms with Crippen molar-refractivity contribution in [1.82, 2.24) is 9.78 Å². The summed E-state index contributed by atoms with van der Waals surface area (Å²) in [6.45, 7) is 1.95. The van der Waals surface area contributed by atoms with E-state index in [9.17, 15) is 5.11 Å². The lowest BCUT2D eigenvalue weighted by Gasteiger charge is -2.15.